The summed E-state index contributed by atoms with van der Waals surface area (Å²) >= 11 is 3.47. The van der Waals surface area contributed by atoms with E-state index in [0.717, 1.165) is 10.0 Å². The Balaban J connectivity index is 2.82. The van der Waals surface area contributed by atoms with Crippen LogP contribution in [0, 0.1) is 0 Å². The van der Waals surface area contributed by atoms with E-state index in [-0.39, 0.29) is 12.0 Å². The third-order valence-corrected chi connectivity index (χ3v) is 3.33. The second kappa shape index (κ2) is 8.11. The van der Waals surface area contributed by atoms with Crippen LogP contribution in [0.4, 0.5) is 0 Å². The van der Waals surface area contributed by atoms with Crippen LogP contribution in [-0.2, 0) is 16.1 Å². The largest absolute Gasteiger partial charge is 0.493 e. The topological polar surface area (TPSA) is 56.8 Å². The smallest absolute Gasteiger partial charge is 0.322 e. The molecule has 5 nitrogen and oxygen atoms in total. The standard InChI is InChI=1S/C14H20BrNO4/c1-5-20-13-11(15)6-10(7-12(13)18-3)8-16-9(2)14(17)19-4/h6-7,9,16H,5,8H2,1-4H3. The van der Waals surface area contributed by atoms with Gasteiger partial charge in [-0.05, 0) is 47.5 Å². The van der Waals surface area contributed by atoms with Crippen LogP contribution in [0.5, 0.6) is 11.5 Å². The fourth-order valence-electron chi connectivity index (χ4n) is 1.69. The van der Waals surface area contributed by atoms with Crippen LogP contribution in [0.25, 0.3) is 0 Å². The molecule has 112 valence electrons. The maximum absolute atomic E-state index is 11.3. The van der Waals surface area contributed by atoms with Gasteiger partial charge < -0.3 is 19.5 Å². The molecule has 0 amide bonds. The Morgan fingerprint density at radius 2 is 2.10 bits per heavy atom. The van der Waals surface area contributed by atoms with E-state index in [9.17, 15) is 4.79 Å². The fraction of sp³-hybridized carbons (Fsp3) is 0.500. The minimum absolute atomic E-state index is 0.290. The summed E-state index contributed by atoms with van der Waals surface area (Å²) in [6.45, 7) is 4.76. The molecular weight excluding hydrogens is 326 g/mol. The Morgan fingerprint density at radius 3 is 2.65 bits per heavy atom. The molecule has 0 aliphatic heterocycles. The molecule has 0 fully saturated rings. The number of hydrogen-bond acceptors (Lipinski definition) is 5. The van der Waals surface area contributed by atoms with Crippen molar-refractivity contribution in [3.05, 3.63) is 22.2 Å². The van der Waals surface area contributed by atoms with Crippen LogP contribution in [0.15, 0.2) is 16.6 Å². The van der Waals surface area contributed by atoms with Crippen molar-refractivity contribution in [2.24, 2.45) is 0 Å². The van der Waals surface area contributed by atoms with Crippen LogP contribution >= 0.6 is 15.9 Å². The number of nitrogens with one attached hydrogen (secondary N) is 1. The lowest BCUT2D eigenvalue weighted by atomic mass is 10.2. The SMILES string of the molecule is CCOc1c(Br)cc(CNC(C)C(=O)OC)cc1OC. The highest BCUT2D eigenvalue weighted by molar-refractivity contribution is 9.10. The van der Waals surface area contributed by atoms with Crippen molar-refractivity contribution in [1.29, 1.82) is 0 Å². The molecule has 20 heavy (non-hydrogen) atoms. The summed E-state index contributed by atoms with van der Waals surface area (Å²) in [5, 5.41) is 3.09. The van der Waals surface area contributed by atoms with E-state index < -0.39 is 0 Å². The van der Waals surface area contributed by atoms with Crippen molar-refractivity contribution in [3.8, 4) is 11.5 Å². The first-order valence-electron chi connectivity index (χ1n) is 6.33. The number of hydrogen-bond donors (Lipinski definition) is 1. The molecule has 1 rings (SSSR count). The normalized spacial score (nSPS) is 11.8. The summed E-state index contributed by atoms with van der Waals surface area (Å²) in [4.78, 5) is 11.3. The Kier molecular flexibility index (Phi) is 6.81. The van der Waals surface area contributed by atoms with Gasteiger partial charge in [-0.2, -0.15) is 0 Å². The molecule has 6 heteroatoms. The number of benzene rings is 1. The molecule has 1 aromatic carbocycles. The summed E-state index contributed by atoms with van der Waals surface area (Å²) in [6.07, 6.45) is 0. The second-order valence-electron chi connectivity index (χ2n) is 4.17. The first kappa shape index (κ1) is 16.8. The third kappa shape index (κ3) is 4.38. The third-order valence-electron chi connectivity index (χ3n) is 2.75. The van der Waals surface area contributed by atoms with Crippen molar-refractivity contribution in [2.75, 3.05) is 20.8 Å². The quantitative estimate of drug-likeness (QED) is 0.769. The molecule has 1 unspecified atom stereocenters. The Bertz CT molecular complexity index is 465. The predicted molar refractivity (Wildman–Crippen MR) is 80.2 cm³/mol. The number of carbonyl (C=O) groups is 1. The lowest BCUT2D eigenvalue weighted by Gasteiger charge is -2.15. The highest BCUT2D eigenvalue weighted by Crippen LogP contribution is 2.36. The minimum atomic E-state index is -0.365. The zero-order valence-electron chi connectivity index (χ0n) is 12.2. The van der Waals surface area contributed by atoms with Gasteiger partial charge in [0.15, 0.2) is 11.5 Å². The first-order valence-corrected chi connectivity index (χ1v) is 7.13. The van der Waals surface area contributed by atoms with Gasteiger partial charge in [-0.1, -0.05) is 0 Å². The first-order chi connectivity index (χ1) is 9.53. The van der Waals surface area contributed by atoms with Gasteiger partial charge >= 0.3 is 5.97 Å². The molecular formula is C14H20BrNO4. The van der Waals surface area contributed by atoms with Crippen molar-refractivity contribution in [1.82, 2.24) is 5.32 Å². The molecule has 0 saturated heterocycles. The lowest BCUT2D eigenvalue weighted by Crippen LogP contribution is -2.34. The Hall–Kier alpha value is -1.27. The van der Waals surface area contributed by atoms with Gasteiger partial charge in [0.1, 0.15) is 6.04 Å². The number of esters is 1. The van der Waals surface area contributed by atoms with E-state index in [1.165, 1.54) is 7.11 Å². The lowest BCUT2D eigenvalue weighted by molar-refractivity contribution is -0.142. The molecule has 0 aliphatic rings. The zero-order valence-corrected chi connectivity index (χ0v) is 13.7. The van der Waals surface area contributed by atoms with Gasteiger partial charge in [0, 0.05) is 6.54 Å². The van der Waals surface area contributed by atoms with Crippen LogP contribution in [0.2, 0.25) is 0 Å². The molecule has 0 bridgehead atoms. The summed E-state index contributed by atoms with van der Waals surface area (Å²) < 4.78 is 16.3. The Labute approximate surface area is 127 Å². The number of rotatable bonds is 7. The molecule has 1 N–H and O–H groups in total. The number of carbonyl (C=O) groups excluding carboxylic acids is 1. The van der Waals surface area contributed by atoms with E-state index in [0.29, 0.717) is 24.7 Å². The fourth-order valence-corrected chi connectivity index (χ4v) is 2.29. The van der Waals surface area contributed by atoms with Crippen LogP contribution in [-0.4, -0.2) is 32.8 Å². The summed E-state index contributed by atoms with van der Waals surface area (Å²) in [6, 6.07) is 3.45. The van der Waals surface area contributed by atoms with Crippen molar-refractivity contribution < 1.29 is 19.0 Å². The molecule has 1 atom stereocenters. The average molecular weight is 346 g/mol. The molecule has 1 aromatic rings. The zero-order chi connectivity index (χ0) is 15.1. The number of methoxy groups -OCH3 is 2. The van der Waals surface area contributed by atoms with E-state index in [4.69, 9.17) is 9.47 Å². The van der Waals surface area contributed by atoms with Gasteiger partial charge in [-0.15, -0.1) is 0 Å². The van der Waals surface area contributed by atoms with Crippen molar-refractivity contribution in [3.63, 3.8) is 0 Å². The molecule has 0 aliphatic carbocycles. The van der Waals surface area contributed by atoms with Crippen LogP contribution < -0.4 is 14.8 Å². The maximum atomic E-state index is 11.3. The highest BCUT2D eigenvalue weighted by atomic mass is 79.9. The van der Waals surface area contributed by atoms with Gasteiger partial charge in [0.2, 0.25) is 0 Å². The second-order valence-corrected chi connectivity index (χ2v) is 5.02. The van der Waals surface area contributed by atoms with E-state index >= 15 is 0 Å². The van der Waals surface area contributed by atoms with E-state index in [1.54, 1.807) is 14.0 Å². The maximum Gasteiger partial charge on any atom is 0.322 e. The van der Waals surface area contributed by atoms with Gasteiger partial charge in [0.05, 0.1) is 25.3 Å². The van der Waals surface area contributed by atoms with Gasteiger partial charge in [-0.25, -0.2) is 0 Å². The molecule has 0 saturated carbocycles. The average Bonchev–Trinajstić information content (AvgIpc) is 2.46. The molecule has 0 spiro atoms. The van der Waals surface area contributed by atoms with Crippen LogP contribution in [0.1, 0.15) is 19.4 Å². The monoisotopic (exact) mass is 345 g/mol. The van der Waals surface area contributed by atoms with Gasteiger partial charge in [0.25, 0.3) is 0 Å². The van der Waals surface area contributed by atoms with E-state index in [2.05, 4.69) is 26.0 Å². The summed E-state index contributed by atoms with van der Waals surface area (Å²) in [7, 11) is 2.97. The number of ether oxygens (including phenoxy) is 3. The highest BCUT2D eigenvalue weighted by Gasteiger charge is 2.14. The summed E-state index contributed by atoms with van der Waals surface area (Å²) in [5.41, 5.74) is 0.980. The minimum Gasteiger partial charge on any atom is -0.493 e. The number of halogens is 1. The summed E-state index contributed by atoms with van der Waals surface area (Å²) in [5.74, 6) is 1.05. The van der Waals surface area contributed by atoms with Gasteiger partial charge in [-0.3, -0.25) is 4.79 Å². The molecule has 0 heterocycles. The van der Waals surface area contributed by atoms with Crippen molar-refractivity contribution in [2.45, 2.75) is 26.4 Å². The van der Waals surface area contributed by atoms with Crippen molar-refractivity contribution >= 4 is 21.9 Å². The predicted octanol–water partition coefficient (Wildman–Crippen LogP) is 2.51. The van der Waals surface area contributed by atoms with E-state index in [1.807, 2.05) is 19.1 Å². The Morgan fingerprint density at radius 1 is 1.40 bits per heavy atom. The van der Waals surface area contributed by atoms with Crippen LogP contribution in [0.3, 0.4) is 0 Å². The molecule has 0 aromatic heterocycles. The molecule has 0 radical (unpaired) electrons.